The molecule has 1 fully saturated rings. The summed E-state index contributed by atoms with van der Waals surface area (Å²) in [5, 5.41) is 6.33. The molecule has 1 saturated heterocycles. The van der Waals surface area contributed by atoms with Crippen LogP contribution >= 0.6 is 0 Å². The van der Waals surface area contributed by atoms with Crippen molar-refractivity contribution >= 4 is 5.91 Å². The van der Waals surface area contributed by atoms with Gasteiger partial charge in [-0.3, -0.25) is 4.79 Å². The quantitative estimate of drug-likeness (QED) is 0.858. The van der Waals surface area contributed by atoms with Crippen molar-refractivity contribution in [3.8, 4) is 0 Å². The van der Waals surface area contributed by atoms with E-state index in [1.165, 1.54) is 16.7 Å². The molecular formula is C15H22N2O. The molecule has 3 heteroatoms. The van der Waals surface area contributed by atoms with E-state index in [4.69, 9.17) is 0 Å². The van der Waals surface area contributed by atoms with Gasteiger partial charge >= 0.3 is 0 Å². The zero-order valence-electron chi connectivity index (χ0n) is 11.4. The topological polar surface area (TPSA) is 41.1 Å². The fraction of sp³-hybridized carbons (Fsp3) is 0.533. The summed E-state index contributed by atoms with van der Waals surface area (Å²) in [5.74, 6) is 0.126. The Morgan fingerprint density at radius 1 is 1.44 bits per heavy atom. The first kappa shape index (κ1) is 13.1. The summed E-state index contributed by atoms with van der Waals surface area (Å²) in [5.41, 5.74) is 3.75. The summed E-state index contributed by atoms with van der Waals surface area (Å²) in [6.45, 7) is 7.22. The summed E-state index contributed by atoms with van der Waals surface area (Å²) in [6.07, 6.45) is 2.04. The number of amides is 1. The van der Waals surface area contributed by atoms with Crippen molar-refractivity contribution in [1.82, 2.24) is 10.6 Å². The molecule has 0 spiro atoms. The molecule has 2 rings (SSSR count). The molecule has 1 heterocycles. The highest BCUT2D eigenvalue weighted by atomic mass is 16.2. The van der Waals surface area contributed by atoms with Crippen LogP contribution in [-0.2, 0) is 4.79 Å². The Balaban J connectivity index is 2.04. The van der Waals surface area contributed by atoms with Crippen LogP contribution in [0.3, 0.4) is 0 Å². The van der Waals surface area contributed by atoms with E-state index in [0.29, 0.717) is 0 Å². The maximum absolute atomic E-state index is 12.1. The fourth-order valence-electron chi connectivity index (χ4n) is 2.54. The van der Waals surface area contributed by atoms with Crippen molar-refractivity contribution in [2.24, 2.45) is 0 Å². The van der Waals surface area contributed by atoms with Crippen molar-refractivity contribution < 1.29 is 4.79 Å². The molecule has 0 aliphatic carbocycles. The predicted molar refractivity (Wildman–Crippen MR) is 73.5 cm³/mol. The number of aryl methyl sites for hydroxylation is 1. The lowest BCUT2D eigenvalue weighted by atomic mass is 9.98. The van der Waals surface area contributed by atoms with Gasteiger partial charge in [-0.15, -0.1) is 0 Å². The van der Waals surface area contributed by atoms with E-state index < -0.39 is 0 Å². The molecule has 0 radical (unpaired) electrons. The summed E-state index contributed by atoms with van der Waals surface area (Å²) >= 11 is 0. The first-order valence-corrected chi connectivity index (χ1v) is 6.69. The van der Waals surface area contributed by atoms with Gasteiger partial charge < -0.3 is 10.6 Å². The van der Waals surface area contributed by atoms with Crippen LogP contribution in [0.15, 0.2) is 18.2 Å². The maximum atomic E-state index is 12.1. The lowest BCUT2D eigenvalue weighted by molar-refractivity contribution is -0.123. The van der Waals surface area contributed by atoms with Crippen LogP contribution in [0.25, 0.3) is 0 Å². The van der Waals surface area contributed by atoms with E-state index in [-0.39, 0.29) is 18.0 Å². The molecule has 2 N–H and O–H groups in total. The Labute approximate surface area is 109 Å². The first-order valence-electron chi connectivity index (χ1n) is 6.69. The van der Waals surface area contributed by atoms with Crippen LogP contribution in [0.1, 0.15) is 42.5 Å². The lowest BCUT2D eigenvalue weighted by Gasteiger charge is -2.20. The molecule has 98 valence electrons. The van der Waals surface area contributed by atoms with Crippen molar-refractivity contribution in [3.05, 3.63) is 34.9 Å². The highest BCUT2D eigenvalue weighted by Gasteiger charge is 2.23. The standard InChI is InChI=1S/C15H22N2O/c1-10-6-4-7-13(11(10)2)12(3)17-15(18)14-8-5-9-16-14/h4,6-7,12,14,16H,5,8-9H2,1-3H3,(H,17,18). The van der Waals surface area contributed by atoms with Crippen molar-refractivity contribution in [2.45, 2.75) is 45.7 Å². The van der Waals surface area contributed by atoms with E-state index >= 15 is 0 Å². The van der Waals surface area contributed by atoms with E-state index in [1.54, 1.807) is 0 Å². The third kappa shape index (κ3) is 2.72. The summed E-state index contributed by atoms with van der Waals surface area (Å²) in [6, 6.07) is 6.31. The summed E-state index contributed by atoms with van der Waals surface area (Å²) in [4.78, 5) is 12.1. The predicted octanol–water partition coefficient (Wildman–Crippen LogP) is 2.23. The molecule has 1 aromatic carbocycles. The zero-order chi connectivity index (χ0) is 13.1. The van der Waals surface area contributed by atoms with Crippen molar-refractivity contribution in [2.75, 3.05) is 6.54 Å². The lowest BCUT2D eigenvalue weighted by Crippen LogP contribution is -2.41. The van der Waals surface area contributed by atoms with Crippen LogP contribution in [0.5, 0.6) is 0 Å². The fourth-order valence-corrected chi connectivity index (χ4v) is 2.54. The molecule has 1 aliphatic rings. The molecule has 18 heavy (non-hydrogen) atoms. The van der Waals surface area contributed by atoms with Crippen LogP contribution in [0.4, 0.5) is 0 Å². The highest BCUT2D eigenvalue weighted by Crippen LogP contribution is 2.20. The molecule has 1 amide bonds. The van der Waals surface area contributed by atoms with Gasteiger partial charge in [-0.25, -0.2) is 0 Å². The third-order valence-electron chi connectivity index (χ3n) is 3.85. The number of carbonyl (C=O) groups excluding carboxylic acids is 1. The molecule has 2 atom stereocenters. The van der Waals surface area contributed by atoms with Gasteiger partial charge in [0.25, 0.3) is 0 Å². The van der Waals surface area contributed by atoms with Crippen molar-refractivity contribution in [1.29, 1.82) is 0 Å². The Morgan fingerprint density at radius 2 is 2.22 bits per heavy atom. The monoisotopic (exact) mass is 246 g/mol. The average Bonchev–Trinajstić information content (AvgIpc) is 2.86. The van der Waals surface area contributed by atoms with E-state index in [2.05, 4.69) is 43.5 Å². The molecule has 1 aliphatic heterocycles. The molecule has 0 aromatic heterocycles. The molecule has 2 unspecified atom stereocenters. The van der Waals surface area contributed by atoms with Gasteiger partial charge in [0.1, 0.15) is 0 Å². The van der Waals surface area contributed by atoms with Crippen LogP contribution < -0.4 is 10.6 Å². The van der Waals surface area contributed by atoms with E-state index in [0.717, 1.165) is 19.4 Å². The number of nitrogens with one attached hydrogen (secondary N) is 2. The van der Waals surface area contributed by atoms with Gasteiger partial charge in [0.2, 0.25) is 5.91 Å². The van der Waals surface area contributed by atoms with Gasteiger partial charge in [0.15, 0.2) is 0 Å². The van der Waals surface area contributed by atoms with Gasteiger partial charge in [-0.2, -0.15) is 0 Å². The Hall–Kier alpha value is -1.35. The van der Waals surface area contributed by atoms with Gasteiger partial charge in [0.05, 0.1) is 12.1 Å². The van der Waals surface area contributed by atoms with Crippen molar-refractivity contribution in [3.63, 3.8) is 0 Å². The Morgan fingerprint density at radius 3 is 2.89 bits per heavy atom. The number of carbonyl (C=O) groups is 1. The van der Waals surface area contributed by atoms with Crippen LogP contribution in [0, 0.1) is 13.8 Å². The zero-order valence-corrected chi connectivity index (χ0v) is 11.4. The molecular weight excluding hydrogens is 224 g/mol. The highest BCUT2D eigenvalue weighted by molar-refractivity contribution is 5.82. The SMILES string of the molecule is Cc1cccc(C(C)NC(=O)C2CCCN2)c1C. The van der Waals surface area contributed by atoms with E-state index in [1.807, 2.05) is 6.07 Å². The minimum Gasteiger partial charge on any atom is -0.348 e. The minimum atomic E-state index is -0.00225. The summed E-state index contributed by atoms with van der Waals surface area (Å²) in [7, 11) is 0. The van der Waals surface area contributed by atoms with Crippen LogP contribution in [0.2, 0.25) is 0 Å². The first-order chi connectivity index (χ1) is 8.59. The molecule has 0 saturated carbocycles. The summed E-state index contributed by atoms with van der Waals surface area (Å²) < 4.78 is 0. The second-order valence-electron chi connectivity index (χ2n) is 5.17. The van der Waals surface area contributed by atoms with Gasteiger partial charge in [-0.05, 0) is 56.8 Å². The third-order valence-corrected chi connectivity index (χ3v) is 3.85. The average molecular weight is 246 g/mol. The number of hydrogen-bond acceptors (Lipinski definition) is 2. The van der Waals surface area contributed by atoms with Gasteiger partial charge in [0, 0.05) is 0 Å². The number of rotatable bonds is 3. The molecule has 1 aromatic rings. The smallest absolute Gasteiger partial charge is 0.237 e. The number of benzene rings is 1. The molecule has 3 nitrogen and oxygen atoms in total. The largest absolute Gasteiger partial charge is 0.348 e. The van der Waals surface area contributed by atoms with E-state index in [9.17, 15) is 4.79 Å². The van der Waals surface area contributed by atoms with Crippen LogP contribution in [-0.4, -0.2) is 18.5 Å². The molecule has 0 bridgehead atoms. The Kier molecular flexibility index (Phi) is 4.02. The minimum absolute atomic E-state index is 0.00225. The van der Waals surface area contributed by atoms with Gasteiger partial charge in [-0.1, -0.05) is 18.2 Å². The normalized spacial score (nSPS) is 20.7. The number of hydrogen-bond donors (Lipinski definition) is 2. The maximum Gasteiger partial charge on any atom is 0.237 e. The second kappa shape index (κ2) is 5.53. The second-order valence-corrected chi connectivity index (χ2v) is 5.17. The Bertz CT molecular complexity index is 436.